The van der Waals surface area contributed by atoms with Gasteiger partial charge in [0.1, 0.15) is 6.10 Å². The van der Waals surface area contributed by atoms with Crippen molar-refractivity contribution in [1.29, 1.82) is 0 Å². The van der Waals surface area contributed by atoms with Gasteiger partial charge < -0.3 is 15.0 Å². The summed E-state index contributed by atoms with van der Waals surface area (Å²) in [6.07, 6.45) is 6.63. The van der Waals surface area contributed by atoms with Crippen LogP contribution in [0.3, 0.4) is 0 Å². The van der Waals surface area contributed by atoms with Gasteiger partial charge in [-0.15, -0.1) is 24.0 Å². The number of aliphatic imine (C=N–C) groups is 1. The van der Waals surface area contributed by atoms with Crippen molar-refractivity contribution < 1.29 is 4.74 Å². The third-order valence-corrected chi connectivity index (χ3v) is 5.16. The highest BCUT2D eigenvalue weighted by Gasteiger charge is 2.25. The Morgan fingerprint density at radius 2 is 2.17 bits per heavy atom. The maximum Gasteiger partial charge on any atom is 0.194 e. The molecule has 0 spiro atoms. The zero-order chi connectivity index (χ0) is 20.1. The molecule has 0 amide bonds. The van der Waals surface area contributed by atoms with Gasteiger partial charge in [-0.2, -0.15) is 5.10 Å². The maximum absolute atomic E-state index is 5.97. The number of aromatic nitrogens is 3. The Kier molecular flexibility index (Phi) is 8.03. The Morgan fingerprint density at radius 3 is 2.97 bits per heavy atom. The number of pyridine rings is 1. The molecule has 1 aliphatic heterocycles. The lowest BCUT2D eigenvalue weighted by atomic mass is 10.1. The van der Waals surface area contributed by atoms with Gasteiger partial charge in [0.2, 0.25) is 0 Å². The van der Waals surface area contributed by atoms with E-state index in [0.29, 0.717) is 13.2 Å². The van der Waals surface area contributed by atoms with Crippen LogP contribution < -0.4 is 5.32 Å². The molecule has 1 unspecified atom stereocenters. The number of halogens is 1. The lowest BCUT2D eigenvalue weighted by Gasteiger charge is -2.34. The highest BCUT2D eigenvalue weighted by atomic mass is 127. The van der Waals surface area contributed by atoms with E-state index in [1.807, 2.05) is 36.4 Å². The molecule has 160 valence electrons. The van der Waals surface area contributed by atoms with Crippen molar-refractivity contribution in [3.63, 3.8) is 0 Å². The summed E-state index contributed by atoms with van der Waals surface area (Å²) in [6, 6.07) is 10.4. The van der Waals surface area contributed by atoms with Crippen LogP contribution in [-0.4, -0.2) is 58.4 Å². The molecule has 2 aromatic heterocycles. The van der Waals surface area contributed by atoms with Crippen molar-refractivity contribution in [1.82, 2.24) is 25.0 Å². The Balaban J connectivity index is 0.00000256. The fourth-order valence-corrected chi connectivity index (χ4v) is 3.73. The number of fused-ring (bicyclic) bond motifs is 1. The normalized spacial score (nSPS) is 17.1. The number of rotatable bonds is 5. The molecule has 1 atom stereocenters. The second-order valence-electron chi connectivity index (χ2n) is 7.23. The minimum atomic E-state index is 0. The predicted octanol–water partition coefficient (Wildman–Crippen LogP) is 3.17. The Labute approximate surface area is 194 Å². The third kappa shape index (κ3) is 5.28. The molecule has 1 fully saturated rings. The molecule has 3 aromatic rings. The van der Waals surface area contributed by atoms with Crippen LogP contribution in [0, 0.1) is 0 Å². The van der Waals surface area contributed by atoms with E-state index in [1.165, 1.54) is 10.9 Å². The summed E-state index contributed by atoms with van der Waals surface area (Å²) in [4.78, 5) is 11.7. The third-order valence-electron chi connectivity index (χ3n) is 5.16. The fraction of sp³-hybridized carbons (Fsp3) is 0.409. The SMILES string of the molecule is CCNC(=NCCc1cccc2cccnc12)N1CCOC(c2cnn(C)c2)C1.I. The van der Waals surface area contributed by atoms with Gasteiger partial charge in [-0.3, -0.25) is 14.7 Å². The van der Waals surface area contributed by atoms with E-state index < -0.39 is 0 Å². The molecule has 1 saturated heterocycles. The summed E-state index contributed by atoms with van der Waals surface area (Å²) >= 11 is 0. The average molecular weight is 520 g/mol. The van der Waals surface area contributed by atoms with E-state index in [0.717, 1.165) is 43.1 Å². The smallest absolute Gasteiger partial charge is 0.194 e. The molecule has 0 saturated carbocycles. The largest absolute Gasteiger partial charge is 0.370 e. The van der Waals surface area contributed by atoms with Crippen molar-refractivity contribution in [3.8, 4) is 0 Å². The van der Waals surface area contributed by atoms with Crippen LogP contribution in [0.15, 0.2) is 53.9 Å². The van der Waals surface area contributed by atoms with Crippen LogP contribution in [0.2, 0.25) is 0 Å². The Hall–Kier alpha value is -2.20. The van der Waals surface area contributed by atoms with E-state index in [2.05, 4.69) is 51.5 Å². The molecule has 3 heterocycles. The van der Waals surface area contributed by atoms with Gasteiger partial charge >= 0.3 is 0 Å². The number of guanidine groups is 1. The monoisotopic (exact) mass is 520 g/mol. The van der Waals surface area contributed by atoms with E-state index in [-0.39, 0.29) is 30.1 Å². The lowest BCUT2D eigenvalue weighted by Crippen LogP contribution is -2.48. The first kappa shape index (κ1) is 22.5. The molecular weight excluding hydrogens is 491 g/mol. The number of benzene rings is 1. The topological polar surface area (TPSA) is 67.6 Å². The minimum Gasteiger partial charge on any atom is -0.370 e. The zero-order valence-corrected chi connectivity index (χ0v) is 19.8. The first-order valence-corrected chi connectivity index (χ1v) is 10.2. The molecule has 0 radical (unpaired) electrons. The number of hydrogen-bond acceptors (Lipinski definition) is 4. The number of para-hydroxylation sites is 1. The van der Waals surface area contributed by atoms with Crippen LogP contribution in [0.1, 0.15) is 24.2 Å². The summed E-state index contributed by atoms with van der Waals surface area (Å²) in [5, 5.41) is 8.88. The van der Waals surface area contributed by atoms with Crippen molar-refractivity contribution in [3.05, 3.63) is 60.0 Å². The van der Waals surface area contributed by atoms with Gasteiger partial charge in [-0.05, 0) is 25.0 Å². The second-order valence-corrected chi connectivity index (χ2v) is 7.23. The van der Waals surface area contributed by atoms with Crippen LogP contribution in [-0.2, 0) is 18.2 Å². The van der Waals surface area contributed by atoms with Crippen molar-refractivity contribution in [2.45, 2.75) is 19.4 Å². The van der Waals surface area contributed by atoms with Gasteiger partial charge in [0.15, 0.2) is 5.96 Å². The van der Waals surface area contributed by atoms with E-state index in [1.54, 1.807) is 0 Å². The summed E-state index contributed by atoms with van der Waals surface area (Å²) in [5.74, 6) is 0.942. The van der Waals surface area contributed by atoms with Crippen LogP contribution in [0.25, 0.3) is 10.9 Å². The van der Waals surface area contributed by atoms with Crippen molar-refractivity contribution >= 4 is 40.8 Å². The fourth-order valence-electron chi connectivity index (χ4n) is 3.73. The number of nitrogens with one attached hydrogen (secondary N) is 1. The summed E-state index contributed by atoms with van der Waals surface area (Å²) in [5.41, 5.74) is 3.41. The van der Waals surface area contributed by atoms with Gasteiger partial charge in [0.05, 0.1) is 24.9 Å². The van der Waals surface area contributed by atoms with Gasteiger partial charge in [-0.25, -0.2) is 0 Å². The zero-order valence-electron chi connectivity index (χ0n) is 17.5. The molecule has 30 heavy (non-hydrogen) atoms. The van der Waals surface area contributed by atoms with Gasteiger partial charge in [0.25, 0.3) is 0 Å². The number of hydrogen-bond donors (Lipinski definition) is 1. The summed E-state index contributed by atoms with van der Waals surface area (Å²) < 4.78 is 7.79. The minimum absolute atomic E-state index is 0. The van der Waals surface area contributed by atoms with Crippen LogP contribution in [0.5, 0.6) is 0 Å². The van der Waals surface area contributed by atoms with Gasteiger partial charge in [0, 0.05) is 50.0 Å². The lowest BCUT2D eigenvalue weighted by molar-refractivity contribution is -0.00803. The molecule has 0 aliphatic carbocycles. The first-order chi connectivity index (χ1) is 14.2. The first-order valence-electron chi connectivity index (χ1n) is 10.2. The summed E-state index contributed by atoms with van der Waals surface area (Å²) in [6.45, 7) is 5.93. The second kappa shape index (κ2) is 10.7. The Bertz CT molecular complexity index is 983. The highest BCUT2D eigenvalue weighted by Crippen LogP contribution is 2.22. The molecule has 1 aromatic carbocycles. The maximum atomic E-state index is 5.97. The standard InChI is InChI=1S/C22H28N6O.HI/c1-3-23-22(28-12-13-29-20(16-28)19-14-26-27(2)15-19)25-11-9-18-7-4-6-17-8-5-10-24-21(17)18;/h4-8,10,14-15,20H,3,9,11-13,16H2,1-2H3,(H,23,25);1H. The average Bonchev–Trinajstić information content (AvgIpc) is 3.20. The van der Waals surface area contributed by atoms with E-state index in [4.69, 9.17) is 9.73 Å². The highest BCUT2D eigenvalue weighted by molar-refractivity contribution is 14.0. The molecule has 1 N–H and O–H groups in total. The molecule has 8 heteroatoms. The predicted molar refractivity (Wildman–Crippen MR) is 130 cm³/mol. The van der Waals surface area contributed by atoms with Crippen LogP contribution in [0.4, 0.5) is 0 Å². The molecular formula is C22H29IN6O. The number of nitrogens with zero attached hydrogens (tertiary/aromatic N) is 5. The molecule has 0 bridgehead atoms. The van der Waals surface area contributed by atoms with E-state index in [9.17, 15) is 0 Å². The number of aryl methyl sites for hydroxylation is 1. The Morgan fingerprint density at radius 1 is 1.30 bits per heavy atom. The molecule has 1 aliphatic rings. The van der Waals surface area contributed by atoms with Crippen molar-refractivity contribution in [2.75, 3.05) is 32.8 Å². The number of ether oxygens (including phenoxy) is 1. The van der Waals surface area contributed by atoms with Crippen molar-refractivity contribution in [2.24, 2.45) is 12.0 Å². The quantitative estimate of drug-likeness (QED) is 0.318. The number of morpholine rings is 1. The molecule has 4 rings (SSSR count). The van der Waals surface area contributed by atoms with Gasteiger partial charge in [-0.1, -0.05) is 24.3 Å². The summed E-state index contributed by atoms with van der Waals surface area (Å²) in [7, 11) is 1.93. The van der Waals surface area contributed by atoms with E-state index >= 15 is 0 Å². The van der Waals surface area contributed by atoms with Crippen LogP contribution >= 0.6 is 24.0 Å². The molecule has 7 nitrogen and oxygen atoms in total.